The van der Waals surface area contributed by atoms with Gasteiger partial charge in [-0.25, -0.2) is 0 Å². The number of thioether (sulfide) groups is 1. The monoisotopic (exact) mass is 242 g/mol. The van der Waals surface area contributed by atoms with Gasteiger partial charge in [-0.15, -0.1) is 0 Å². The third-order valence-electron chi connectivity index (χ3n) is 2.27. The summed E-state index contributed by atoms with van der Waals surface area (Å²) in [5.41, 5.74) is 6.41. The summed E-state index contributed by atoms with van der Waals surface area (Å²) in [5.74, 6) is 0.702. The lowest BCUT2D eigenvalue weighted by Gasteiger charge is -2.14. The molecule has 5 nitrogen and oxygen atoms in total. The predicted octanol–water partition coefficient (Wildman–Crippen LogP) is 0.874. The Morgan fingerprint density at radius 3 is 2.88 bits per heavy atom. The molecular weight excluding hydrogens is 224 g/mol. The number of amides is 1. The highest BCUT2D eigenvalue weighted by atomic mass is 32.2. The highest BCUT2D eigenvalue weighted by Gasteiger charge is 2.16. The standard InChI is InChI=1S/C10H18N4OS/c1-4-7(6-16-3)12-10(15)9-8(11)5-14(2)13-9/h5,7H,4,6,11H2,1-3H3,(H,12,15). The lowest BCUT2D eigenvalue weighted by molar-refractivity contribution is 0.0935. The molecule has 0 spiro atoms. The van der Waals surface area contributed by atoms with Gasteiger partial charge >= 0.3 is 0 Å². The molecule has 90 valence electrons. The van der Waals surface area contributed by atoms with Crippen LogP contribution in [0.25, 0.3) is 0 Å². The van der Waals surface area contributed by atoms with E-state index in [1.807, 2.05) is 13.2 Å². The van der Waals surface area contributed by atoms with Crippen LogP contribution in [-0.4, -0.2) is 33.7 Å². The van der Waals surface area contributed by atoms with Crippen molar-refractivity contribution in [3.05, 3.63) is 11.9 Å². The van der Waals surface area contributed by atoms with E-state index in [2.05, 4.69) is 10.4 Å². The number of nitrogens with two attached hydrogens (primary N) is 1. The van der Waals surface area contributed by atoms with Crippen molar-refractivity contribution in [1.29, 1.82) is 0 Å². The highest BCUT2D eigenvalue weighted by molar-refractivity contribution is 7.98. The third kappa shape index (κ3) is 3.16. The Morgan fingerprint density at radius 2 is 2.44 bits per heavy atom. The van der Waals surface area contributed by atoms with Crippen molar-refractivity contribution in [3.8, 4) is 0 Å². The molecule has 16 heavy (non-hydrogen) atoms. The van der Waals surface area contributed by atoms with Crippen LogP contribution in [0.2, 0.25) is 0 Å². The number of carbonyl (C=O) groups excluding carboxylic acids is 1. The fourth-order valence-corrected chi connectivity index (χ4v) is 2.12. The summed E-state index contributed by atoms with van der Waals surface area (Å²) in [4.78, 5) is 11.8. The molecule has 1 heterocycles. The molecule has 0 bridgehead atoms. The Balaban J connectivity index is 2.67. The number of nitrogens with one attached hydrogen (secondary N) is 1. The van der Waals surface area contributed by atoms with Crippen LogP contribution in [0.3, 0.4) is 0 Å². The van der Waals surface area contributed by atoms with Crippen molar-refractivity contribution in [2.45, 2.75) is 19.4 Å². The second-order valence-electron chi connectivity index (χ2n) is 3.64. The normalized spacial score (nSPS) is 12.4. The van der Waals surface area contributed by atoms with Crippen LogP contribution in [-0.2, 0) is 7.05 Å². The minimum Gasteiger partial charge on any atom is -0.396 e. The predicted molar refractivity (Wildman–Crippen MR) is 67.5 cm³/mol. The van der Waals surface area contributed by atoms with Crippen molar-refractivity contribution in [2.75, 3.05) is 17.7 Å². The van der Waals surface area contributed by atoms with Gasteiger partial charge in [-0.1, -0.05) is 6.92 Å². The van der Waals surface area contributed by atoms with E-state index in [-0.39, 0.29) is 11.9 Å². The van der Waals surface area contributed by atoms with Crippen LogP contribution in [0.15, 0.2) is 6.20 Å². The summed E-state index contributed by atoms with van der Waals surface area (Å²) in [7, 11) is 1.74. The fraction of sp³-hybridized carbons (Fsp3) is 0.600. The van der Waals surface area contributed by atoms with Crippen molar-refractivity contribution < 1.29 is 4.79 Å². The van der Waals surface area contributed by atoms with Gasteiger partial charge in [-0.3, -0.25) is 9.48 Å². The van der Waals surface area contributed by atoms with Crippen molar-refractivity contribution in [3.63, 3.8) is 0 Å². The van der Waals surface area contributed by atoms with E-state index in [1.165, 1.54) is 0 Å². The van der Waals surface area contributed by atoms with E-state index in [1.54, 1.807) is 29.7 Å². The lowest BCUT2D eigenvalue weighted by atomic mass is 10.2. The number of hydrogen-bond donors (Lipinski definition) is 2. The quantitative estimate of drug-likeness (QED) is 0.803. The number of aryl methyl sites for hydroxylation is 1. The summed E-state index contributed by atoms with van der Waals surface area (Å²) in [6, 6.07) is 0.170. The zero-order chi connectivity index (χ0) is 12.1. The van der Waals surface area contributed by atoms with Gasteiger partial charge < -0.3 is 11.1 Å². The SMILES string of the molecule is CCC(CSC)NC(=O)c1nn(C)cc1N. The second-order valence-corrected chi connectivity index (χ2v) is 4.55. The maximum atomic E-state index is 11.8. The minimum absolute atomic E-state index is 0.170. The number of carbonyl (C=O) groups is 1. The average molecular weight is 242 g/mol. The molecule has 0 aliphatic carbocycles. The molecule has 1 rings (SSSR count). The molecule has 0 fully saturated rings. The lowest BCUT2D eigenvalue weighted by Crippen LogP contribution is -2.36. The van der Waals surface area contributed by atoms with Crippen molar-refractivity contribution in [2.24, 2.45) is 7.05 Å². The molecule has 0 aromatic carbocycles. The Morgan fingerprint density at radius 1 is 1.75 bits per heavy atom. The van der Waals surface area contributed by atoms with Gasteiger partial charge in [-0.05, 0) is 12.7 Å². The first-order valence-electron chi connectivity index (χ1n) is 5.17. The third-order valence-corrected chi connectivity index (χ3v) is 3.00. The van der Waals surface area contributed by atoms with Gasteiger partial charge in [0, 0.05) is 25.0 Å². The number of nitrogen functional groups attached to an aromatic ring is 1. The Bertz CT molecular complexity index is 364. The fourth-order valence-electron chi connectivity index (χ4n) is 1.40. The van der Waals surface area contributed by atoms with Crippen LogP contribution in [0.1, 0.15) is 23.8 Å². The first kappa shape index (κ1) is 12.9. The molecule has 0 saturated heterocycles. The van der Waals surface area contributed by atoms with Gasteiger partial charge in [0.1, 0.15) is 0 Å². The van der Waals surface area contributed by atoms with E-state index >= 15 is 0 Å². The number of anilines is 1. The van der Waals surface area contributed by atoms with E-state index in [4.69, 9.17) is 5.73 Å². The first-order valence-corrected chi connectivity index (χ1v) is 6.56. The van der Waals surface area contributed by atoms with E-state index in [0.717, 1.165) is 12.2 Å². The van der Waals surface area contributed by atoms with Crippen LogP contribution < -0.4 is 11.1 Å². The van der Waals surface area contributed by atoms with Crippen LogP contribution in [0.4, 0.5) is 5.69 Å². The first-order chi connectivity index (χ1) is 7.58. The minimum atomic E-state index is -0.195. The van der Waals surface area contributed by atoms with Crippen LogP contribution in [0.5, 0.6) is 0 Å². The molecule has 0 aliphatic heterocycles. The highest BCUT2D eigenvalue weighted by Crippen LogP contribution is 2.09. The van der Waals surface area contributed by atoms with E-state index < -0.39 is 0 Å². The second kappa shape index (κ2) is 5.79. The summed E-state index contributed by atoms with van der Waals surface area (Å²) in [5, 5.41) is 6.95. The Labute approximate surface area is 99.8 Å². The summed E-state index contributed by atoms with van der Waals surface area (Å²) in [6.07, 6.45) is 4.55. The summed E-state index contributed by atoms with van der Waals surface area (Å²) < 4.78 is 1.54. The molecule has 0 radical (unpaired) electrons. The molecule has 0 saturated carbocycles. The van der Waals surface area contributed by atoms with Gasteiger partial charge in [-0.2, -0.15) is 16.9 Å². The number of rotatable bonds is 5. The zero-order valence-corrected chi connectivity index (χ0v) is 10.7. The Kier molecular flexibility index (Phi) is 4.67. The van der Waals surface area contributed by atoms with E-state index in [0.29, 0.717) is 11.4 Å². The smallest absolute Gasteiger partial charge is 0.274 e. The molecular formula is C10H18N4OS. The molecule has 6 heteroatoms. The number of nitrogens with zero attached hydrogens (tertiary/aromatic N) is 2. The summed E-state index contributed by atoms with van der Waals surface area (Å²) in [6.45, 7) is 2.04. The van der Waals surface area contributed by atoms with Gasteiger partial charge in [0.25, 0.3) is 5.91 Å². The summed E-state index contributed by atoms with van der Waals surface area (Å²) >= 11 is 1.71. The van der Waals surface area contributed by atoms with Gasteiger partial charge in [0.15, 0.2) is 5.69 Å². The molecule has 3 N–H and O–H groups in total. The molecule has 0 aliphatic rings. The molecule has 1 amide bonds. The number of hydrogen-bond acceptors (Lipinski definition) is 4. The topological polar surface area (TPSA) is 72.9 Å². The Hall–Kier alpha value is -1.17. The molecule has 1 aromatic heterocycles. The average Bonchev–Trinajstić information content (AvgIpc) is 2.57. The zero-order valence-electron chi connectivity index (χ0n) is 9.86. The molecule has 1 atom stereocenters. The maximum absolute atomic E-state index is 11.8. The number of aromatic nitrogens is 2. The van der Waals surface area contributed by atoms with Crippen LogP contribution in [0, 0.1) is 0 Å². The van der Waals surface area contributed by atoms with E-state index in [9.17, 15) is 4.79 Å². The van der Waals surface area contributed by atoms with Crippen molar-refractivity contribution >= 4 is 23.4 Å². The van der Waals surface area contributed by atoms with Crippen LogP contribution >= 0.6 is 11.8 Å². The molecule has 1 aromatic rings. The van der Waals surface area contributed by atoms with Gasteiger partial charge in [0.2, 0.25) is 0 Å². The maximum Gasteiger partial charge on any atom is 0.274 e. The largest absolute Gasteiger partial charge is 0.396 e. The molecule has 1 unspecified atom stereocenters. The van der Waals surface area contributed by atoms with Crippen molar-refractivity contribution in [1.82, 2.24) is 15.1 Å². The van der Waals surface area contributed by atoms with Gasteiger partial charge in [0.05, 0.1) is 5.69 Å².